The highest BCUT2D eigenvalue weighted by Crippen LogP contribution is 2.28. The minimum absolute atomic E-state index is 0.0734. The van der Waals surface area contributed by atoms with Crippen LogP contribution in [0.25, 0.3) is 0 Å². The van der Waals surface area contributed by atoms with Gasteiger partial charge in [0.15, 0.2) is 0 Å². The quantitative estimate of drug-likeness (QED) is 0.756. The molecular weight excluding hydrogens is 272 g/mol. The van der Waals surface area contributed by atoms with E-state index in [1.54, 1.807) is 25.2 Å². The Morgan fingerprint density at radius 3 is 2.76 bits per heavy atom. The number of carboxylic acid groups (broad SMARTS) is 1. The molecule has 0 bridgehead atoms. The predicted molar refractivity (Wildman–Crippen MR) is 78.6 cm³/mol. The van der Waals surface area contributed by atoms with Gasteiger partial charge >= 0.3 is 12.0 Å². The van der Waals surface area contributed by atoms with Gasteiger partial charge in [0.25, 0.3) is 0 Å². The van der Waals surface area contributed by atoms with Crippen molar-refractivity contribution in [2.45, 2.75) is 12.8 Å². The van der Waals surface area contributed by atoms with E-state index in [-0.39, 0.29) is 11.6 Å². The van der Waals surface area contributed by atoms with Crippen LogP contribution in [0, 0.1) is 5.92 Å². The third kappa shape index (κ3) is 4.75. The average molecular weight is 292 g/mol. The number of anilines is 1. The van der Waals surface area contributed by atoms with Crippen LogP contribution in [-0.2, 0) is 4.74 Å². The van der Waals surface area contributed by atoms with Gasteiger partial charge in [-0.1, -0.05) is 12.1 Å². The lowest BCUT2D eigenvalue weighted by Gasteiger charge is -2.18. The number of nitrogens with zero attached hydrogens (tertiary/aromatic N) is 1. The van der Waals surface area contributed by atoms with Gasteiger partial charge < -0.3 is 20.1 Å². The maximum Gasteiger partial charge on any atom is 0.337 e. The summed E-state index contributed by atoms with van der Waals surface area (Å²) in [7, 11) is 1.65. The summed E-state index contributed by atoms with van der Waals surface area (Å²) in [6.45, 7) is 1.71. The van der Waals surface area contributed by atoms with Crippen LogP contribution in [0.1, 0.15) is 23.2 Å². The number of ether oxygens (including phenoxy) is 1. The molecule has 1 aromatic carbocycles. The number of likely N-dealkylation sites (N-methyl/N-ethyl adjacent to an activating group) is 1. The Morgan fingerprint density at radius 2 is 2.10 bits per heavy atom. The van der Waals surface area contributed by atoms with Crippen molar-refractivity contribution in [3.63, 3.8) is 0 Å². The summed E-state index contributed by atoms with van der Waals surface area (Å²) in [5.74, 6) is -0.368. The minimum atomic E-state index is -1.07. The normalized spacial score (nSPS) is 13.8. The molecule has 1 aliphatic rings. The number of nitrogens with one attached hydrogen (secondary N) is 1. The van der Waals surface area contributed by atoms with Crippen molar-refractivity contribution in [1.82, 2.24) is 4.90 Å². The van der Waals surface area contributed by atoms with Crippen molar-refractivity contribution in [1.29, 1.82) is 0 Å². The van der Waals surface area contributed by atoms with Crippen LogP contribution >= 0.6 is 0 Å². The molecule has 2 rings (SSSR count). The van der Waals surface area contributed by atoms with Crippen molar-refractivity contribution in [3.05, 3.63) is 29.8 Å². The van der Waals surface area contributed by atoms with E-state index in [4.69, 9.17) is 9.84 Å². The largest absolute Gasteiger partial charge is 0.478 e. The fourth-order valence-corrected chi connectivity index (χ4v) is 1.83. The van der Waals surface area contributed by atoms with E-state index < -0.39 is 5.97 Å². The SMILES string of the molecule is CN(CCOCC1CC1)C(=O)Nc1ccccc1C(=O)O. The third-order valence-electron chi connectivity index (χ3n) is 3.37. The zero-order chi connectivity index (χ0) is 15.2. The van der Waals surface area contributed by atoms with Gasteiger partial charge in [-0.2, -0.15) is 0 Å². The lowest BCUT2D eigenvalue weighted by molar-refractivity contribution is 0.0698. The molecule has 6 nitrogen and oxygen atoms in total. The highest BCUT2D eigenvalue weighted by Gasteiger charge is 2.21. The molecule has 1 aromatic rings. The monoisotopic (exact) mass is 292 g/mol. The van der Waals surface area contributed by atoms with E-state index in [1.807, 2.05) is 0 Å². The summed E-state index contributed by atoms with van der Waals surface area (Å²) < 4.78 is 5.47. The summed E-state index contributed by atoms with van der Waals surface area (Å²) in [6.07, 6.45) is 2.48. The fourth-order valence-electron chi connectivity index (χ4n) is 1.83. The van der Waals surface area contributed by atoms with Crippen LogP contribution in [-0.4, -0.2) is 48.8 Å². The summed E-state index contributed by atoms with van der Waals surface area (Å²) in [5.41, 5.74) is 0.366. The number of amides is 2. The Kier molecular flexibility index (Phi) is 5.16. The first-order chi connectivity index (χ1) is 10.1. The Morgan fingerprint density at radius 1 is 1.38 bits per heavy atom. The van der Waals surface area contributed by atoms with E-state index in [1.165, 1.54) is 23.8 Å². The molecule has 2 amide bonds. The summed E-state index contributed by atoms with van der Waals surface area (Å²) in [6, 6.07) is 5.98. The smallest absolute Gasteiger partial charge is 0.337 e. The second kappa shape index (κ2) is 7.08. The van der Waals surface area contributed by atoms with Crippen molar-refractivity contribution in [2.75, 3.05) is 32.1 Å². The molecule has 0 aromatic heterocycles. The standard InChI is InChI=1S/C15H20N2O4/c1-17(8-9-21-10-11-6-7-11)15(20)16-13-5-3-2-4-12(13)14(18)19/h2-5,11H,6-10H2,1H3,(H,16,20)(H,18,19). The Balaban J connectivity index is 1.80. The molecule has 0 radical (unpaired) electrons. The van der Waals surface area contributed by atoms with E-state index >= 15 is 0 Å². The molecule has 0 atom stereocenters. The number of rotatable bonds is 7. The summed E-state index contributed by atoms with van der Waals surface area (Å²) >= 11 is 0. The Hall–Kier alpha value is -2.08. The van der Waals surface area contributed by atoms with Crippen molar-refractivity contribution < 1.29 is 19.4 Å². The molecule has 1 saturated carbocycles. The topological polar surface area (TPSA) is 78.9 Å². The molecule has 0 spiro atoms. The van der Waals surface area contributed by atoms with Crippen LogP contribution < -0.4 is 5.32 Å². The van der Waals surface area contributed by atoms with Gasteiger partial charge in [0.05, 0.1) is 17.9 Å². The number of para-hydroxylation sites is 1. The molecule has 114 valence electrons. The zero-order valence-electron chi connectivity index (χ0n) is 12.0. The summed E-state index contributed by atoms with van der Waals surface area (Å²) in [4.78, 5) is 24.5. The van der Waals surface area contributed by atoms with E-state index in [2.05, 4.69) is 5.32 Å². The Labute approximate surface area is 123 Å². The lowest BCUT2D eigenvalue weighted by atomic mass is 10.2. The molecule has 2 N–H and O–H groups in total. The second-order valence-electron chi connectivity index (χ2n) is 5.22. The molecule has 0 saturated heterocycles. The number of carboxylic acids is 1. The number of aromatic carboxylic acids is 1. The molecule has 21 heavy (non-hydrogen) atoms. The van der Waals surface area contributed by atoms with Crippen molar-refractivity contribution >= 4 is 17.7 Å². The first-order valence-electron chi connectivity index (χ1n) is 7.00. The third-order valence-corrected chi connectivity index (χ3v) is 3.37. The Bertz CT molecular complexity index is 514. The van der Waals surface area contributed by atoms with E-state index in [0.29, 0.717) is 24.8 Å². The molecule has 0 unspecified atom stereocenters. The predicted octanol–water partition coefficient (Wildman–Crippen LogP) is 2.28. The maximum absolute atomic E-state index is 12.0. The van der Waals surface area contributed by atoms with Gasteiger partial charge in [-0.25, -0.2) is 9.59 Å². The molecular formula is C15H20N2O4. The fraction of sp³-hybridized carbons (Fsp3) is 0.467. The number of carbonyl (C=O) groups excluding carboxylic acids is 1. The number of hydrogen-bond donors (Lipinski definition) is 2. The molecule has 0 heterocycles. The lowest BCUT2D eigenvalue weighted by Crippen LogP contribution is -2.34. The van der Waals surface area contributed by atoms with Gasteiger partial charge in [-0.05, 0) is 30.9 Å². The van der Waals surface area contributed by atoms with Crippen LogP contribution in [0.4, 0.5) is 10.5 Å². The van der Waals surface area contributed by atoms with Gasteiger partial charge in [0.2, 0.25) is 0 Å². The van der Waals surface area contributed by atoms with Gasteiger partial charge in [-0.15, -0.1) is 0 Å². The maximum atomic E-state index is 12.0. The first kappa shape index (κ1) is 15.3. The molecule has 1 aliphatic carbocycles. The van der Waals surface area contributed by atoms with Crippen LogP contribution in [0.2, 0.25) is 0 Å². The minimum Gasteiger partial charge on any atom is -0.478 e. The zero-order valence-corrected chi connectivity index (χ0v) is 12.0. The summed E-state index contributed by atoms with van der Waals surface area (Å²) in [5, 5.41) is 11.7. The molecule has 1 fully saturated rings. The van der Waals surface area contributed by atoms with Gasteiger partial charge in [0, 0.05) is 20.2 Å². The van der Waals surface area contributed by atoms with E-state index in [9.17, 15) is 9.59 Å². The number of benzene rings is 1. The highest BCUT2D eigenvalue weighted by atomic mass is 16.5. The number of urea groups is 1. The van der Waals surface area contributed by atoms with Crippen molar-refractivity contribution in [3.8, 4) is 0 Å². The molecule has 0 aliphatic heterocycles. The average Bonchev–Trinajstić information content (AvgIpc) is 3.27. The number of carbonyl (C=O) groups is 2. The number of hydrogen-bond acceptors (Lipinski definition) is 3. The van der Waals surface area contributed by atoms with Crippen molar-refractivity contribution in [2.24, 2.45) is 5.92 Å². The van der Waals surface area contributed by atoms with Crippen LogP contribution in [0.15, 0.2) is 24.3 Å². The molecule has 6 heteroatoms. The van der Waals surface area contributed by atoms with Gasteiger partial charge in [-0.3, -0.25) is 0 Å². The highest BCUT2D eigenvalue weighted by molar-refractivity contribution is 5.99. The van der Waals surface area contributed by atoms with Gasteiger partial charge in [0.1, 0.15) is 0 Å². The second-order valence-corrected chi connectivity index (χ2v) is 5.22. The van der Waals surface area contributed by atoms with E-state index in [0.717, 1.165) is 6.61 Å². The van der Waals surface area contributed by atoms with Crippen LogP contribution in [0.5, 0.6) is 0 Å². The van der Waals surface area contributed by atoms with Crippen LogP contribution in [0.3, 0.4) is 0 Å². The first-order valence-corrected chi connectivity index (χ1v) is 7.00.